The molecule has 0 aliphatic rings. The van der Waals surface area contributed by atoms with Crippen molar-refractivity contribution in [1.29, 1.82) is 0 Å². The van der Waals surface area contributed by atoms with E-state index in [9.17, 15) is 0 Å². The summed E-state index contributed by atoms with van der Waals surface area (Å²) in [5.74, 6) is 0.449. The zero-order valence-electron chi connectivity index (χ0n) is 6.07. The van der Waals surface area contributed by atoms with Crippen molar-refractivity contribution in [1.82, 2.24) is 0 Å². The fraction of sp³-hybridized carbons (Fsp3) is 0.857. The van der Waals surface area contributed by atoms with Crippen LogP contribution in [0.3, 0.4) is 0 Å². The molecule has 2 heteroatoms. The lowest BCUT2D eigenvalue weighted by Gasteiger charge is -2.16. The molecule has 0 N–H and O–H groups in total. The van der Waals surface area contributed by atoms with Crippen molar-refractivity contribution in [2.45, 2.75) is 31.5 Å². The van der Waals surface area contributed by atoms with Gasteiger partial charge in [0.1, 0.15) is 0 Å². The van der Waals surface area contributed by atoms with E-state index in [-0.39, 0.29) is 10.8 Å². The predicted octanol–water partition coefficient (Wildman–Crippen LogP) is 3.08. The highest BCUT2D eigenvalue weighted by Gasteiger charge is 2.17. The first-order valence-electron chi connectivity index (χ1n) is 3.17. The zero-order valence-corrected chi connectivity index (χ0v) is 7.58. The van der Waals surface area contributed by atoms with Crippen LogP contribution >= 0.6 is 23.2 Å². The van der Waals surface area contributed by atoms with Crippen molar-refractivity contribution in [3.63, 3.8) is 0 Å². The van der Waals surface area contributed by atoms with Gasteiger partial charge in [-0.15, -0.1) is 23.2 Å². The van der Waals surface area contributed by atoms with Crippen LogP contribution in [0.5, 0.6) is 0 Å². The van der Waals surface area contributed by atoms with E-state index in [1.807, 2.05) is 13.3 Å². The molecule has 0 nitrogen and oxygen atoms in total. The summed E-state index contributed by atoms with van der Waals surface area (Å²) < 4.78 is 0. The summed E-state index contributed by atoms with van der Waals surface area (Å²) in [5, 5.41) is 0.0725. The summed E-state index contributed by atoms with van der Waals surface area (Å²) in [6.07, 6.45) is 1.92. The number of hydrogen-bond donors (Lipinski definition) is 0. The summed E-state index contributed by atoms with van der Waals surface area (Å²) >= 11 is 11.7. The molecule has 0 saturated carbocycles. The van der Waals surface area contributed by atoms with Crippen molar-refractivity contribution in [3.05, 3.63) is 6.42 Å². The molecular formula is C7H13Cl2. The Kier molecular flexibility index (Phi) is 4.69. The summed E-state index contributed by atoms with van der Waals surface area (Å²) in [6.45, 7) is 6.06. The van der Waals surface area contributed by atoms with Crippen LogP contribution in [0, 0.1) is 12.3 Å². The van der Waals surface area contributed by atoms with Gasteiger partial charge in [0, 0.05) is 0 Å². The maximum absolute atomic E-state index is 5.90. The molecule has 9 heavy (non-hydrogen) atoms. The third-order valence-electron chi connectivity index (χ3n) is 1.26. The van der Waals surface area contributed by atoms with Crippen molar-refractivity contribution in [3.8, 4) is 0 Å². The molecule has 0 heterocycles. The molecule has 0 aliphatic heterocycles. The van der Waals surface area contributed by atoms with E-state index in [0.29, 0.717) is 5.92 Å². The molecule has 0 fully saturated rings. The van der Waals surface area contributed by atoms with Crippen molar-refractivity contribution in [2.24, 2.45) is 5.92 Å². The first-order valence-corrected chi connectivity index (χ1v) is 4.04. The van der Waals surface area contributed by atoms with E-state index in [4.69, 9.17) is 23.2 Å². The van der Waals surface area contributed by atoms with Crippen molar-refractivity contribution < 1.29 is 0 Å². The molecule has 0 rings (SSSR count). The largest absolute Gasteiger partial charge is 0.121 e. The van der Waals surface area contributed by atoms with Gasteiger partial charge in [-0.05, 0) is 12.3 Å². The van der Waals surface area contributed by atoms with E-state index < -0.39 is 0 Å². The molecule has 0 aromatic rings. The van der Waals surface area contributed by atoms with E-state index >= 15 is 0 Å². The third-order valence-corrected chi connectivity index (χ3v) is 2.69. The predicted molar refractivity (Wildman–Crippen MR) is 44.1 cm³/mol. The average molecular weight is 168 g/mol. The maximum Gasteiger partial charge on any atom is 0.0530 e. The lowest BCUT2D eigenvalue weighted by Crippen LogP contribution is -2.20. The quantitative estimate of drug-likeness (QED) is 0.568. The van der Waals surface area contributed by atoms with Crippen LogP contribution in [0.4, 0.5) is 0 Å². The standard InChI is InChI=1S/C7H13Cl2/c1-4-6(8)7(9)5(2)3/h4-7H,1-3H3. The highest BCUT2D eigenvalue weighted by molar-refractivity contribution is 6.30. The Morgan fingerprint density at radius 3 is 1.78 bits per heavy atom. The minimum atomic E-state index is 0.00617. The molecule has 55 valence electrons. The summed E-state index contributed by atoms with van der Waals surface area (Å²) in [5.41, 5.74) is 0. The Morgan fingerprint density at radius 1 is 1.22 bits per heavy atom. The minimum Gasteiger partial charge on any atom is -0.121 e. The molecule has 0 amide bonds. The van der Waals surface area contributed by atoms with Gasteiger partial charge in [-0.25, -0.2) is 0 Å². The van der Waals surface area contributed by atoms with E-state index in [0.717, 1.165) is 0 Å². The third kappa shape index (κ3) is 3.32. The fourth-order valence-corrected chi connectivity index (χ4v) is 0.988. The highest BCUT2D eigenvalue weighted by atomic mass is 35.5. The zero-order chi connectivity index (χ0) is 7.44. The average Bonchev–Trinajstić information content (AvgIpc) is 1.84. The molecule has 0 aliphatic carbocycles. The number of rotatable bonds is 3. The van der Waals surface area contributed by atoms with Crippen LogP contribution in [-0.4, -0.2) is 10.8 Å². The number of hydrogen-bond acceptors (Lipinski definition) is 0. The van der Waals surface area contributed by atoms with Gasteiger partial charge in [-0.3, -0.25) is 0 Å². The van der Waals surface area contributed by atoms with Gasteiger partial charge < -0.3 is 0 Å². The normalized spacial score (nSPS) is 18.0. The van der Waals surface area contributed by atoms with Gasteiger partial charge in [0.25, 0.3) is 0 Å². The second-order valence-electron chi connectivity index (χ2n) is 2.47. The Morgan fingerprint density at radius 2 is 1.67 bits per heavy atom. The number of halogens is 2. The van der Waals surface area contributed by atoms with Gasteiger partial charge in [0.05, 0.1) is 10.8 Å². The molecule has 0 bridgehead atoms. The molecule has 2 atom stereocenters. The number of alkyl halides is 2. The molecular weight excluding hydrogens is 155 g/mol. The van der Waals surface area contributed by atoms with E-state index in [1.165, 1.54) is 0 Å². The second kappa shape index (κ2) is 4.40. The monoisotopic (exact) mass is 167 g/mol. The van der Waals surface area contributed by atoms with Gasteiger partial charge in [-0.1, -0.05) is 20.8 Å². The Balaban J connectivity index is 3.58. The van der Waals surface area contributed by atoms with Crippen LogP contribution in [-0.2, 0) is 0 Å². The van der Waals surface area contributed by atoms with Crippen LogP contribution in [0.15, 0.2) is 0 Å². The van der Waals surface area contributed by atoms with Crippen molar-refractivity contribution >= 4 is 23.2 Å². The van der Waals surface area contributed by atoms with Crippen LogP contribution in [0.1, 0.15) is 20.8 Å². The van der Waals surface area contributed by atoms with E-state index in [1.54, 1.807) is 0 Å². The Labute approximate surface area is 67.5 Å². The lowest BCUT2D eigenvalue weighted by molar-refractivity contribution is 0.596. The van der Waals surface area contributed by atoms with Gasteiger partial charge in [0.15, 0.2) is 0 Å². The summed E-state index contributed by atoms with van der Waals surface area (Å²) in [7, 11) is 0. The van der Waals surface area contributed by atoms with Crippen LogP contribution in [0.2, 0.25) is 0 Å². The first-order chi connectivity index (χ1) is 4.09. The lowest BCUT2D eigenvalue weighted by atomic mass is 10.1. The first kappa shape index (κ1) is 9.58. The van der Waals surface area contributed by atoms with Crippen LogP contribution < -0.4 is 0 Å². The minimum absolute atomic E-state index is 0.00617. The molecule has 0 aromatic heterocycles. The second-order valence-corrected chi connectivity index (χ2v) is 3.47. The van der Waals surface area contributed by atoms with Gasteiger partial charge in [-0.2, -0.15) is 0 Å². The van der Waals surface area contributed by atoms with Crippen molar-refractivity contribution in [2.75, 3.05) is 0 Å². The topological polar surface area (TPSA) is 0 Å². The molecule has 2 unspecified atom stereocenters. The maximum atomic E-state index is 5.90. The summed E-state index contributed by atoms with van der Waals surface area (Å²) in [6, 6.07) is 0. The molecule has 0 aromatic carbocycles. The van der Waals surface area contributed by atoms with Gasteiger partial charge in [0.2, 0.25) is 0 Å². The molecule has 0 spiro atoms. The fourth-order valence-electron chi connectivity index (χ4n) is 0.552. The van der Waals surface area contributed by atoms with Crippen LogP contribution in [0.25, 0.3) is 0 Å². The summed E-state index contributed by atoms with van der Waals surface area (Å²) in [4.78, 5) is 0. The van der Waals surface area contributed by atoms with Gasteiger partial charge >= 0.3 is 0 Å². The molecule has 1 radical (unpaired) electrons. The Bertz CT molecular complexity index is 71.3. The SMILES string of the molecule is C[CH]C(Cl)C(Cl)C(C)C. The van der Waals surface area contributed by atoms with E-state index in [2.05, 4.69) is 13.8 Å². The highest BCUT2D eigenvalue weighted by Crippen LogP contribution is 2.19. The Hall–Kier alpha value is 0.580. The smallest absolute Gasteiger partial charge is 0.0530 e. The molecule has 0 saturated heterocycles.